The SMILES string of the molecule is NC1CCCCC1N[C@H]1CCCN(c2ccc(C(F)(F)F)cc2)C1. The Morgan fingerprint density at radius 1 is 1.00 bits per heavy atom. The largest absolute Gasteiger partial charge is 0.416 e. The number of piperidine rings is 1. The fourth-order valence-corrected chi connectivity index (χ4v) is 3.88. The molecule has 3 atom stereocenters. The van der Waals surface area contributed by atoms with Crippen LogP contribution in [0.1, 0.15) is 44.1 Å². The van der Waals surface area contributed by atoms with Gasteiger partial charge in [0.05, 0.1) is 5.56 Å². The Hall–Kier alpha value is -1.27. The van der Waals surface area contributed by atoms with Crippen LogP contribution in [0.25, 0.3) is 0 Å². The van der Waals surface area contributed by atoms with Gasteiger partial charge in [0.25, 0.3) is 0 Å². The summed E-state index contributed by atoms with van der Waals surface area (Å²) in [6.07, 6.45) is 2.50. The summed E-state index contributed by atoms with van der Waals surface area (Å²) in [6, 6.07) is 6.45. The summed E-state index contributed by atoms with van der Waals surface area (Å²) in [5.74, 6) is 0. The van der Waals surface area contributed by atoms with Crippen molar-refractivity contribution in [1.82, 2.24) is 5.32 Å². The first-order chi connectivity index (χ1) is 11.4. The summed E-state index contributed by atoms with van der Waals surface area (Å²) in [5.41, 5.74) is 6.49. The van der Waals surface area contributed by atoms with Crippen LogP contribution in [-0.2, 0) is 6.18 Å². The molecule has 1 saturated heterocycles. The maximum absolute atomic E-state index is 12.7. The Balaban J connectivity index is 1.60. The van der Waals surface area contributed by atoms with Gasteiger partial charge < -0.3 is 16.0 Å². The number of hydrogen-bond acceptors (Lipinski definition) is 3. The van der Waals surface area contributed by atoms with E-state index in [1.54, 1.807) is 12.1 Å². The van der Waals surface area contributed by atoms with Gasteiger partial charge in [-0.25, -0.2) is 0 Å². The summed E-state index contributed by atoms with van der Waals surface area (Å²) in [4.78, 5) is 2.18. The van der Waals surface area contributed by atoms with Crippen molar-refractivity contribution in [2.45, 2.75) is 62.8 Å². The summed E-state index contributed by atoms with van der Waals surface area (Å²) in [6.45, 7) is 1.72. The zero-order valence-electron chi connectivity index (χ0n) is 13.9. The van der Waals surface area contributed by atoms with Crippen LogP contribution >= 0.6 is 0 Å². The van der Waals surface area contributed by atoms with Gasteiger partial charge in [0.2, 0.25) is 0 Å². The normalized spacial score (nSPS) is 28.8. The maximum Gasteiger partial charge on any atom is 0.416 e. The standard InChI is InChI=1S/C18H26F3N3/c19-18(20,21)13-7-9-15(10-8-13)24-11-3-4-14(12-24)23-17-6-2-1-5-16(17)22/h7-10,14,16-17,23H,1-6,11-12,22H2/t14-,16?,17?/m0/s1. The monoisotopic (exact) mass is 341 g/mol. The van der Waals surface area contributed by atoms with E-state index in [1.165, 1.54) is 25.0 Å². The third kappa shape index (κ3) is 4.22. The molecule has 1 heterocycles. The lowest BCUT2D eigenvalue weighted by Crippen LogP contribution is -2.55. The van der Waals surface area contributed by atoms with Crippen molar-refractivity contribution in [1.29, 1.82) is 0 Å². The van der Waals surface area contributed by atoms with Crippen LogP contribution in [0, 0.1) is 0 Å². The minimum atomic E-state index is -4.28. The second-order valence-corrected chi connectivity index (χ2v) is 7.05. The number of benzene rings is 1. The molecule has 2 unspecified atom stereocenters. The predicted molar refractivity (Wildman–Crippen MR) is 90.0 cm³/mol. The van der Waals surface area contributed by atoms with E-state index in [0.29, 0.717) is 12.1 Å². The number of nitrogens with two attached hydrogens (primary N) is 1. The molecular weight excluding hydrogens is 315 g/mol. The van der Waals surface area contributed by atoms with Gasteiger partial charge >= 0.3 is 6.18 Å². The number of halogens is 3. The number of hydrogen-bond donors (Lipinski definition) is 2. The van der Waals surface area contributed by atoms with Crippen LogP contribution in [-0.4, -0.2) is 31.2 Å². The molecule has 3 nitrogen and oxygen atoms in total. The molecular formula is C18H26F3N3. The topological polar surface area (TPSA) is 41.3 Å². The quantitative estimate of drug-likeness (QED) is 0.884. The fraction of sp³-hybridized carbons (Fsp3) is 0.667. The Labute approximate surface area is 141 Å². The van der Waals surface area contributed by atoms with Crippen LogP contribution in [0.3, 0.4) is 0 Å². The van der Waals surface area contributed by atoms with Gasteiger partial charge in [0.1, 0.15) is 0 Å². The van der Waals surface area contributed by atoms with Gasteiger partial charge in [-0.2, -0.15) is 13.2 Å². The van der Waals surface area contributed by atoms with E-state index in [1.807, 2.05) is 0 Å². The molecule has 3 N–H and O–H groups in total. The zero-order chi connectivity index (χ0) is 17.2. The van der Waals surface area contributed by atoms with Crippen molar-refractivity contribution in [3.63, 3.8) is 0 Å². The number of nitrogens with zero attached hydrogens (tertiary/aromatic N) is 1. The molecule has 1 aromatic carbocycles. The highest BCUT2D eigenvalue weighted by molar-refractivity contribution is 5.48. The molecule has 0 spiro atoms. The number of anilines is 1. The smallest absolute Gasteiger partial charge is 0.370 e. The lowest BCUT2D eigenvalue weighted by atomic mass is 9.89. The van der Waals surface area contributed by atoms with Gasteiger partial charge in [-0.3, -0.25) is 0 Å². The molecule has 1 aromatic rings. The van der Waals surface area contributed by atoms with E-state index in [2.05, 4.69) is 10.2 Å². The third-order valence-electron chi connectivity index (χ3n) is 5.25. The Morgan fingerprint density at radius 3 is 2.38 bits per heavy atom. The summed E-state index contributed by atoms with van der Waals surface area (Å²) < 4.78 is 38.1. The van der Waals surface area contributed by atoms with Gasteiger partial charge in [-0.05, 0) is 49.9 Å². The molecule has 0 radical (unpaired) electrons. The van der Waals surface area contributed by atoms with E-state index in [4.69, 9.17) is 5.73 Å². The average Bonchev–Trinajstić information content (AvgIpc) is 2.57. The van der Waals surface area contributed by atoms with Crippen LogP contribution in [0.4, 0.5) is 18.9 Å². The van der Waals surface area contributed by atoms with Gasteiger partial charge in [0.15, 0.2) is 0 Å². The second kappa shape index (κ2) is 7.31. The van der Waals surface area contributed by atoms with Crippen molar-refractivity contribution in [3.8, 4) is 0 Å². The van der Waals surface area contributed by atoms with Crippen molar-refractivity contribution in [3.05, 3.63) is 29.8 Å². The first-order valence-corrected chi connectivity index (χ1v) is 8.87. The second-order valence-electron chi connectivity index (χ2n) is 7.05. The van der Waals surface area contributed by atoms with E-state index in [-0.39, 0.29) is 6.04 Å². The maximum atomic E-state index is 12.7. The summed E-state index contributed by atoms with van der Waals surface area (Å²) >= 11 is 0. The molecule has 2 aliphatic rings. The average molecular weight is 341 g/mol. The molecule has 24 heavy (non-hydrogen) atoms. The predicted octanol–water partition coefficient (Wildman–Crippen LogP) is 3.53. The van der Waals surface area contributed by atoms with Crippen LogP contribution in [0.5, 0.6) is 0 Å². The molecule has 134 valence electrons. The van der Waals surface area contributed by atoms with E-state index in [9.17, 15) is 13.2 Å². The Bertz CT molecular complexity index is 529. The van der Waals surface area contributed by atoms with E-state index >= 15 is 0 Å². The van der Waals surface area contributed by atoms with Gasteiger partial charge in [-0.1, -0.05) is 12.8 Å². The van der Waals surface area contributed by atoms with Crippen LogP contribution < -0.4 is 16.0 Å². The molecule has 3 rings (SSSR count). The molecule has 1 aliphatic heterocycles. The lowest BCUT2D eigenvalue weighted by Gasteiger charge is -2.39. The summed E-state index contributed by atoms with van der Waals surface area (Å²) in [5, 5.41) is 3.70. The highest BCUT2D eigenvalue weighted by Crippen LogP contribution is 2.31. The molecule has 0 bridgehead atoms. The third-order valence-corrected chi connectivity index (χ3v) is 5.25. The molecule has 1 saturated carbocycles. The molecule has 1 aliphatic carbocycles. The van der Waals surface area contributed by atoms with E-state index < -0.39 is 11.7 Å². The molecule has 6 heteroatoms. The minimum Gasteiger partial charge on any atom is -0.370 e. The molecule has 0 amide bonds. The summed E-state index contributed by atoms with van der Waals surface area (Å²) in [7, 11) is 0. The van der Waals surface area contributed by atoms with Crippen molar-refractivity contribution in [2.75, 3.05) is 18.0 Å². The Kier molecular flexibility index (Phi) is 5.35. The van der Waals surface area contributed by atoms with Crippen molar-refractivity contribution in [2.24, 2.45) is 5.73 Å². The molecule has 2 fully saturated rings. The molecule has 0 aromatic heterocycles. The van der Waals surface area contributed by atoms with Crippen molar-refractivity contribution < 1.29 is 13.2 Å². The van der Waals surface area contributed by atoms with Gasteiger partial charge in [-0.15, -0.1) is 0 Å². The highest BCUT2D eigenvalue weighted by atomic mass is 19.4. The lowest BCUT2D eigenvalue weighted by molar-refractivity contribution is -0.137. The fourth-order valence-electron chi connectivity index (χ4n) is 3.88. The van der Waals surface area contributed by atoms with Crippen LogP contribution in [0.15, 0.2) is 24.3 Å². The number of nitrogens with one attached hydrogen (secondary N) is 1. The zero-order valence-corrected chi connectivity index (χ0v) is 13.9. The van der Waals surface area contributed by atoms with Gasteiger partial charge in [0, 0.05) is 36.9 Å². The van der Waals surface area contributed by atoms with Crippen molar-refractivity contribution >= 4 is 5.69 Å². The first kappa shape index (κ1) is 17.5. The van der Waals surface area contributed by atoms with E-state index in [0.717, 1.165) is 44.5 Å². The minimum absolute atomic E-state index is 0.222. The number of alkyl halides is 3. The Morgan fingerprint density at radius 2 is 1.71 bits per heavy atom. The first-order valence-electron chi connectivity index (χ1n) is 8.87. The number of rotatable bonds is 3. The van der Waals surface area contributed by atoms with Crippen LogP contribution in [0.2, 0.25) is 0 Å². The highest BCUT2D eigenvalue weighted by Gasteiger charge is 2.31.